The van der Waals surface area contributed by atoms with Crippen molar-refractivity contribution in [2.45, 2.75) is 26.4 Å². The van der Waals surface area contributed by atoms with E-state index in [1.54, 1.807) is 39.1 Å². The van der Waals surface area contributed by atoms with E-state index in [1.165, 1.54) is 22.7 Å². The number of hydrogen-bond acceptors (Lipinski definition) is 7. The monoisotopic (exact) mass is 479 g/mol. The number of aliphatic hydroxyl groups is 1. The van der Waals surface area contributed by atoms with E-state index in [0.29, 0.717) is 33.8 Å². The fourth-order valence-electron chi connectivity index (χ4n) is 3.77. The Hall–Kier alpha value is -3.27. The lowest BCUT2D eigenvalue weighted by Crippen LogP contribution is -2.15. The molecule has 0 bridgehead atoms. The van der Waals surface area contributed by atoms with Gasteiger partial charge in [0, 0.05) is 41.8 Å². The highest BCUT2D eigenvalue weighted by atomic mass is 32.1. The van der Waals surface area contributed by atoms with Crippen molar-refractivity contribution in [2.75, 3.05) is 0 Å². The molecule has 7 nitrogen and oxygen atoms in total. The number of aromatic nitrogens is 3. The van der Waals surface area contributed by atoms with Gasteiger partial charge in [-0.2, -0.15) is 0 Å². The van der Waals surface area contributed by atoms with Crippen molar-refractivity contribution >= 4 is 49.8 Å². The number of thiophene rings is 1. The van der Waals surface area contributed by atoms with E-state index >= 15 is 0 Å². The fraction of sp³-hybridized carbons (Fsp3) is 0.208. The van der Waals surface area contributed by atoms with Crippen molar-refractivity contribution in [2.24, 2.45) is 7.05 Å². The van der Waals surface area contributed by atoms with Crippen LogP contribution < -0.4 is 4.74 Å². The molecule has 168 valence electrons. The Kier molecular flexibility index (Phi) is 5.00. The first-order valence-corrected chi connectivity index (χ1v) is 11.9. The normalized spacial score (nSPS) is 12.0. The number of benzene rings is 1. The zero-order valence-electron chi connectivity index (χ0n) is 18.4. The highest BCUT2D eigenvalue weighted by molar-refractivity contribution is 7.25. The average Bonchev–Trinajstić information content (AvgIpc) is 3.45. The number of carboxylic acid groups (broad SMARTS) is 1. The molecule has 0 unspecified atom stereocenters. The minimum absolute atomic E-state index is 0.308. The highest BCUT2D eigenvalue weighted by Gasteiger charge is 2.22. The largest absolute Gasteiger partial charge is 0.478 e. The predicted molar refractivity (Wildman–Crippen MR) is 131 cm³/mol. The highest BCUT2D eigenvalue weighted by Crippen LogP contribution is 2.41. The Balaban J connectivity index is 1.53. The Morgan fingerprint density at radius 2 is 2.00 bits per heavy atom. The molecule has 0 atom stereocenters. The van der Waals surface area contributed by atoms with E-state index in [4.69, 9.17) is 4.74 Å². The number of carbonyl (C=O) groups is 1. The fourth-order valence-corrected chi connectivity index (χ4v) is 5.88. The summed E-state index contributed by atoms with van der Waals surface area (Å²) in [6.45, 7) is 5.23. The van der Waals surface area contributed by atoms with Crippen LogP contribution in [-0.2, 0) is 12.6 Å². The molecule has 5 aromatic rings. The molecule has 0 fully saturated rings. The lowest BCUT2D eigenvalue weighted by atomic mass is 10.1. The van der Waals surface area contributed by atoms with E-state index in [1.807, 2.05) is 35.2 Å². The predicted octanol–water partition coefficient (Wildman–Crippen LogP) is 5.94. The molecular formula is C24H21N3O4S2. The van der Waals surface area contributed by atoms with Gasteiger partial charge in [0.05, 0.1) is 31.9 Å². The van der Waals surface area contributed by atoms with E-state index < -0.39 is 11.6 Å². The zero-order chi connectivity index (χ0) is 23.5. The number of ether oxygens (including phenoxy) is 1. The van der Waals surface area contributed by atoms with Crippen LogP contribution in [0.5, 0.6) is 11.5 Å². The van der Waals surface area contributed by atoms with Gasteiger partial charge in [-0.05, 0) is 39.0 Å². The molecular weight excluding hydrogens is 458 g/mol. The number of pyridine rings is 1. The second-order valence-electron chi connectivity index (χ2n) is 8.34. The standard InChI is InChI=1S/C24H21N3O4S2/c1-12-20(23(28)29)14-6-5-13(9-16(14)27(12)4)31-17-7-8-25-15-10-18(33-21(15)17)22-26-19(11-32-22)24(2,3)30/h5-11,30H,1-4H3,(H,28,29). The van der Waals surface area contributed by atoms with Crippen LogP contribution in [0, 0.1) is 6.92 Å². The van der Waals surface area contributed by atoms with Crippen LogP contribution >= 0.6 is 22.7 Å². The van der Waals surface area contributed by atoms with E-state index in [9.17, 15) is 15.0 Å². The van der Waals surface area contributed by atoms with Crippen molar-refractivity contribution in [3.8, 4) is 21.4 Å². The lowest BCUT2D eigenvalue weighted by molar-refractivity contribution is 0.0697. The van der Waals surface area contributed by atoms with Crippen LogP contribution in [0.25, 0.3) is 31.0 Å². The number of rotatable bonds is 5. The molecule has 0 amide bonds. The molecule has 4 aromatic heterocycles. The van der Waals surface area contributed by atoms with Crippen LogP contribution in [0.1, 0.15) is 35.6 Å². The smallest absolute Gasteiger partial charge is 0.338 e. The van der Waals surface area contributed by atoms with Gasteiger partial charge in [-0.3, -0.25) is 4.98 Å². The van der Waals surface area contributed by atoms with E-state index in [0.717, 1.165) is 25.6 Å². The summed E-state index contributed by atoms with van der Waals surface area (Å²) in [5.74, 6) is 0.337. The molecule has 0 aliphatic carbocycles. The van der Waals surface area contributed by atoms with Crippen molar-refractivity contribution < 1.29 is 19.7 Å². The molecule has 5 rings (SSSR count). The minimum atomic E-state index is -0.994. The summed E-state index contributed by atoms with van der Waals surface area (Å²) in [7, 11) is 1.85. The third-order valence-corrected chi connectivity index (χ3v) is 7.77. The van der Waals surface area contributed by atoms with Gasteiger partial charge in [-0.15, -0.1) is 22.7 Å². The summed E-state index contributed by atoms with van der Waals surface area (Å²) in [6.07, 6.45) is 1.70. The van der Waals surface area contributed by atoms with Gasteiger partial charge < -0.3 is 19.5 Å². The molecule has 0 spiro atoms. The Morgan fingerprint density at radius 3 is 2.70 bits per heavy atom. The molecule has 9 heteroatoms. The molecule has 1 aromatic carbocycles. The van der Waals surface area contributed by atoms with Crippen LogP contribution in [0.3, 0.4) is 0 Å². The first-order chi connectivity index (χ1) is 15.6. The Bertz CT molecular complexity index is 1540. The van der Waals surface area contributed by atoms with Crippen molar-refractivity contribution in [1.29, 1.82) is 0 Å². The van der Waals surface area contributed by atoms with Gasteiger partial charge >= 0.3 is 5.97 Å². The summed E-state index contributed by atoms with van der Waals surface area (Å²) in [5, 5.41) is 23.2. The van der Waals surface area contributed by atoms with Gasteiger partial charge in [-0.25, -0.2) is 9.78 Å². The quantitative estimate of drug-likeness (QED) is 0.324. The van der Waals surface area contributed by atoms with Crippen LogP contribution in [-0.4, -0.2) is 30.7 Å². The summed E-state index contributed by atoms with van der Waals surface area (Å²) in [4.78, 5) is 21.7. The third kappa shape index (κ3) is 3.68. The summed E-state index contributed by atoms with van der Waals surface area (Å²) < 4.78 is 8.98. The zero-order valence-corrected chi connectivity index (χ0v) is 20.0. The van der Waals surface area contributed by atoms with Crippen molar-refractivity contribution in [3.05, 3.63) is 58.9 Å². The van der Waals surface area contributed by atoms with Gasteiger partial charge in [-0.1, -0.05) is 0 Å². The van der Waals surface area contributed by atoms with Gasteiger partial charge in [0.2, 0.25) is 0 Å². The second-order valence-corrected chi connectivity index (χ2v) is 10.2. The molecule has 2 N–H and O–H groups in total. The van der Waals surface area contributed by atoms with E-state index in [-0.39, 0.29) is 0 Å². The lowest BCUT2D eigenvalue weighted by Gasteiger charge is -2.12. The average molecular weight is 480 g/mol. The minimum Gasteiger partial charge on any atom is -0.478 e. The first-order valence-electron chi connectivity index (χ1n) is 10.2. The SMILES string of the molecule is Cc1c(C(=O)O)c2ccc(Oc3ccnc4cc(-c5nc(C(C)(C)O)cs5)sc34)cc2n1C. The molecule has 0 aliphatic heterocycles. The Morgan fingerprint density at radius 1 is 1.21 bits per heavy atom. The number of thiazole rings is 1. The number of aromatic carboxylic acids is 1. The molecule has 33 heavy (non-hydrogen) atoms. The molecule has 0 saturated heterocycles. The molecule has 0 aliphatic rings. The van der Waals surface area contributed by atoms with Gasteiger partial charge in [0.15, 0.2) is 0 Å². The first kappa shape index (κ1) is 21.6. The number of carboxylic acids is 1. The van der Waals surface area contributed by atoms with Crippen molar-refractivity contribution in [3.63, 3.8) is 0 Å². The maximum absolute atomic E-state index is 11.7. The maximum atomic E-state index is 11.7. The summed E-state index contributed by atoms with van der Waals surface area (Å²) in [6, 6.07) is 9.21. The van der Waals surface area contributed by atoms with Crippen LogP contribution in [0.4, 0.5) is 0 Å². The molecule has 0 radical (unpaired) electrons. The third-order valence-electron chi connectivity index (χ3n) is 5.62. The van der Waals surface area contributed by atoms with Crippen molar-refractivity contribution in [1.82, 2.24) is 14.5 Å². The van der Waals surface area contributed by atoms with Crippen LogP contribution in [0.2, 0.25) is 0 Å². The molecule has 0 saturated carbocycles. The number of aryl methyl sites for hydroxylation is 1. The van der Waals surface area contributed by atoms with Gasteiger partial charge in [0.25, 0.3) is 0 Å². The van der Waals surface area contributed by atoms with Crippen LogP contribution in [0.15, 0.2) is 41.9 Å². The van der Waals surface area contributed by atoms with E-state index in [2.05, 4.69) is 9.97 Å². The Labute approximate surface area is 197 Å². The number of fused-ring (bicyclic) bond motifs is 2. The topological polar surface area (TPSA) is 97.5 Å². The summed E-state index contributed by atoms with van der Waals surface area (Å²) >= 11 is 3.02. The summed E-state index contributed by atoms with van der Waals surface area (Å²) in [5.41, 5.74) is 2.24. The number of nitrogens with zero attached hydrogens (tertiary/aromatic N) is 3. The van der Waals surface area contributed by atoms with Gasteiger partial charge in [0.1, 0.15) is 22.1 Å². The second kappa shape index (κ2) is 7.65. The number of hydrogen-bond donors (Lipinski definition) is 2. The molecule has 4 heterocycles. The maximum Gasteiger partial charge on any atom is 0.338 e.